The first-order valence-corrected chi connectivity index (χ1v) is 2.07. The maximum Gasteiger partial charge on any atom is 0.133 e. The van der Waals surface area contributed by atoms with E-state index in [0.29, 0.717) is 0 Å². The van der Waals surface area contributed by atoms with E-state index in [-0.39, 0.29) is 12.9 Å². The van der Waals surface area contributed by atoms with Crippen LogP contribution in [0.1, 0.15) is 0 Å². The minimum absolute atomic E-state index is 0.109. The molecule has 40 valence electrons. The highest BCUT2D eigenvalue weighted by atomic mass is 16.6. The number of nitrogens with one attached hydrogen (secondary N) is 1. The monoisotopic (exact) mass is 102 g/mol. The zero-order valence-corrected chi connectivity index (χ0v) is 3.76. The van der Waals surface area contributed by atoms with E-state index in [9.17, 15) is 4.91 Å². The van der Waals surface area contributed by atoms with Gasteiger partial charge in [-0.15, -0.1) is 4.91 Å². The standard InChI is InChI=1S/C3H6N2O2/c6-5-2-4-3-1-7-3/h3-4H,1-2H2. The summed E-state index contributed by atoms with van der Waals surface area (Å²) in [6.45, 7) is 0.875. The lowest BCUT2D eigenvalue weighted by atomic mass is 10.8. The number of rotatable bonds is 3. The number of ether oxygens (including phenoxy) is 1. The third kappa shape index (κ3) is 1.61. The van der Waals surface area contributed by atoms with Crippen LogP contribution < -0.4 is 5.32 Å². The van der Waals surface area contributed by atoms with Gasteiger partial charge in [0.25, 0.3) is 0 Å². The first-order chi connectivity index (χ1) is 3.43. The minimum atomic E-state index is 0.109. The quantitative estimate of drug-likeness (QED) is 0.391. The average Bonchev–Trinajstić information content (AvgIpc) is 2.42. The minimum Gasteiger partial charge on any atom is -0.357 e. The van der Waals surface area contributed by atoms with E-state index in [4.69, 9.17) is 4.74 Å². The van der Waals surface area contributed by atoms with Gasteiger partial charge in [0.2, 0.25) is 0 Å². The van der Waals surface area contributed by atoms with E-state index in [2.05, 4.69) is 10.5 Å². The van der Waals surface area contributed by atoms with Crippen LogP contribution in [0.15, 0.2) is 5.18 Å². The molecule has 1 heterocycles. The summed E-state index contributed by atoms with van der Waals surface area (Å²) in [5.74, 6) is 0. The van der Waals surface area contributed by atoms with Gasteiger partial charge in [-0.1, -0.05) is 5.18 Å². The lowest BCUT2D eigenvalue weighted by Crippen LogP contribution is -2.16. The van der Waals surface area contributed by atoms with E-state index in [0.717, 1.165) is 6.61 Å². The number of nitroso groups, excluding NO2 is 1. The van der Waals surface area contributed by atoms with Gasteiger partial charge < -0.3 is 4.74 Å². The molecule has 0 spiro atoms. The van der Waals surface area contributed by atoms with Gasteiger partial charge in [0.15, 0.2) is 0 Å². The Kier molecular flexibility index (Phi) is 1.33. The summed E-state index contributed by atoms with van der Waals surface area (Å²) in [5, 5.41) is 5.28. The molecule has 0 aliphatic carbocycles. The summed E-state index contributed by atoms with van der Waals surface area (Å²) < 4.78 is 4.70. The van der Waals surface area contributed by atoms with Crippen molar-refractivity contribution < 1.29 is 4.74 Å². The van der Waals surface area contributed by atoms with Gasteiger partial charge >= 0.3 is 0 Å². The Hall–Kier alpha value is -0.480. The fourth-order valence-corrected chi connectivity index (χ4v) is 0.305. The van der Waals surface area contributed by atoms with Crippen LogP contribution in [-0.2, 0) is 4.74 Å². The predicted octanol–water partition coefficient (Wildman–Crippen LogP) is -0.344. The first kappa shape index (κ1) is 4.67. The second-order valence-electron chi connectivity index (χ2n) is 1.31. The molecule has 1 unspecified atom stereocenters. The lowest BCUT2D eigenvalue weighted by molar-refractivity contribution is 0.372. The largest absolute Gasteiger partial charge is 0.357 e. The van der Waals surface area contributed by atoms with E-state index in [1.54, 1.807) is 0 Å². The summed E-state index contributed by atoms with van der Waals surface area (Å²) in [6.07, 6.45) is 0.109. The van der Waals surface area contributed by atoms with Crippen molar-refractivity contribution >= 4 is 0 Å². The molecule has 0 bridgehead atoms. The van der Waals surface area contributed by atoms with Crippen LogP contribution in [0.4, 0.5) is 0 Å². The average molecular weight is 102 g/mol. The van der Waals surface area contributed by atoms with Gasteiger partial charge in [-0.05, 0) is 0 Å². The topological polar surface area (TPSA) is 54.0 Å². The summed E-state index contributed by atoms with van der Waals surface area (Å²) in [6, 6.07) is 0. The predicted molar refractivity (Wildman–Crippen MR) is 23.5 cm³/mol. The van der Waals surface area contributed by atoms with Crippen LogP contribution >= 0.6 is 0 Å². The molecule has 0 aromatic heterocycles. The highest BCUT2D eigenvalue weighted by Crippen LogP contribution is 2.02. The third-order valence-corrected chi connectivity index (χ3v) is 0.717. The van der Waals surface area contributed by atoms with Gasteiger partial charge in [0, 0.05) is 0 Å². The van der Waals surface area contributed by atoms with Crippen LogP contribution in [-0.4, -0.2) is 19.5 Å². The molecule has 1 aliphatic heterocycles. The van der Waals surface area contributed by atoms with Crippen molar-refractivity contribution in [3.63, 3.8) is 0 Å². The van der Waals surface area contributed by atoms with Gasteiger partial charge in [-0.3, -0.25) is 5.32 Å². The summed E-state index contributed by atoms with van der Waals surface area (Å²) in [7, 11) is 0. The molecule has 0 aromatic carbocycles. The summed E-state index contributed by atoms with van der Waals surface area (Å²) in [4.78, 5) is 9.37. The molecule has 1 aliphatic rings. The maximum absolute atomic E-state index is 9.37. The Labute approximate surface area is 40.8 Å². The van der Waals surface area contributed by atoms with Crippen LogP contribution in [0.3, 0.4) is 0 Å². The zero-order valence-electron chi connectivity index (χ0n) is 3.76. The summed E-state index contributed by atoms with van der Waals surface area (Å²) >= 11 is 0. The van der Waals surface area contributed by atoms with Crippen LogP contribution in [0.5, 0.6) is 0 Å². The number of hydrogen-bond acceptors (Lipinski definition) is 4. The Morgan fingerprint density at radius 3 is 3.14 bits per heavy atom. The Bertz CT molecular complexity index is 71.3. The van der Waals surface area contributed by atoms with E-state index in [1.165, 1.54) is 0 Å². The van der Waals surface area contributed by atoms with Gasteiger partial charge in [-0.25, -0.2) is 0 Å². The molecule has 7 heavy (non-hydrogen) atoms. The van der Waals surface area contributed by atoms with Crippen molar-refractivity contribution in [3.05, 3.63) is 4.91 Å². The van der Waals surface area contributed by atoms with E-state index < -0.39 is 0 Å². The maximum atomic E-state index is 9.37. The van der Waals surface area contributed by atoms with Crippen LogP contribution in [0.2, 0.25) is 0 Å². The van der Waals surface area contributed by atoms with Gasteiger partial charge in [0.05, 0.1) is 6.61 Å². The molecule has 0 amide bonds. The number of hydrogen-bond donors (Lipinski definition) is 1. The molecule has 1 atom stereocenters. The van der Waals surface area contributed by atoms with E-state index in [1.807, 2.05) is 0 Å². The zero-order chi connectivity index (χ0) is 5.11. The molecular weight excluding hydrogens is 96.0 g/mol. The molecule has 4 nitrogen and oxygen atoms in total. The van der Waals surface area contributed by atoms with Gasteiger partial charge in [0.1, 0.15) is 12.9 Å². The fourth-order valence-electron chi connectivity index (χ4n) is 0.305. The Morgan fingerprint density at radius 2 is 2.71 bits per heavy atom. The smallest absolute Gasteiger partial charge is 0.133 e. The molecule has 0 saturated carbocycles. The number of epoxide rings is 1. The molecule has 0 radical (unpaired) electrons. The molecule has 0 aromatic rings. The normalized spacial score (nSPS) is 27.1. The van der Waals surface area contributed by atoms with Gasteiger partial charge in [-0.2, -0.15) is 0 Å². The second-order valence-corrected chi connectivity index (χ2v) is 1.31. The first-order valence-electron chi connectivity index (χ1n) is 2.07. The third-order valence-electron chi connectivity index (χ3n) is 0.717. The van der Waals surface area contributed by atoms with Crippen molar-refractivity contribution in [1.82, 2.24) is 5.32 Å². The van der Waals surface area contributed by atoms with Crippen molar-refractivity contribution in [2.75, 3.05) is 13.3 Å². The van der Waals surface area contributed by atoms with Crippen molar-refractivity contribution in [1.29, 1.82) is 0 Å². The van der Waals surface area contributed by atoms with E-state index >= 15 is 0 Å². The van der Waals surface area contributed by atoms with Crippen LogP contribution in [0.25, 0.3) is 0 Å². The molecular formula is C3H6N2O2. The molecule has 1 rings (SSSR count). The van der Waals surface area contributed by atoms with Crippen molar-refractivity contribution in [2.45, 2.75) is 6.23 Å². The number of nitrogens with zero attached hydrogens (tertiary/aromatic N) is 1. The molecule has 1 fully saturated rings. The molecule has 1 N–H and O–H groups in total. The summed E-state index contributed by atoms with van der Waals surface area (Å²) in [5.41, 5.74) is 0. The Balaban J connectivity index is 1.88. The SMILES string of the molecule is O=NCNC1CO1. The van der Waals surface area contributed by atoms with Crippen molar-refractivity contribution in [3.8, 4) is 0 Å². The van der Waals surface area contributed by atoms with Crippen molar-refractivity contribution in [2.24, 2.45) is 5.18 Å². The fraction of sp³-hybridized carbons (Fsp3) is 1.00. The highest BCUT2D eigenvalue weighted by molar-refractivity contribution is 4.63. The second kappa shape index (κ2) is 1.99. The van der Waals surface area contributed by atoms with Crippen LogP contribution in [0, 0.1) is 4.91 Å². The Morgan fingerprint density at radius 1 is 2.00 bits per heavy atom. The molecule has 1 saturated heterocycles. The lowest BCUT2D eigenvalue weighted by Gasteiger charge is -1.85. The molecule has 4 heteroatoms. The highest BCUT2D eigenvalue weighted by Gasteiger charge is 2.20.